The molecule has 214 valence electrons. The number of para-hydroxylation sites is 2. The van der Waals surface area contributed by atoms with E-state index < -0.39 is 12.0 Å². The molecule has 3 unspecified atom stereocenters. The maximum absolute atomic E-state index is 14.2. The first-order valence-electron chi connectivity index (χ1n) is 14.6. The number of benzene rings is 3. The lowest BCUT2D eigenvalue weighted by atomic mass is 9.71. The molecule has 1 aliphatic heterocycles. The molecule has 1 amide bonds. The van der Waals surface area contributed by atoms with E-state index in [1.54, 1.807) is 14.0 Å². The number of hydrogen-bond acceptors (Lipinski definition) is 5. The molecule has 6 heteroatoms. The Morgan fingerprint density at radius 2 is 1.66 bits per heavy atom. The molecule has 6 nitrogen and oxygen atoms in total. The molecule has 1 fully saturated rings. The van der Waals surface area contributed by atoms with Crippen molar-refractivity contribution in [2.75, 3.05) is 16.9 Å². The Kier molecular flexibility index (Phi) is 8.03. The lowest BCUT2D eigenvalue weighted by molar-refractivity contribution is -0.123. The van der Waals surface area contributed by atoms with Crippen LogP contribution in [-0.4, -0.2) is 36.6 Å². The van der Waals surface area contributed by atoms with Crippen LogP contribution in [0.25, 0.3) is 0 Å². The van der Waals surface area contributed by atoms with Crippen molar-refractivity contribution in [2.24, 2.45) is 10.9 Å². The summed E-state index contributed by atoms with van der Waals surface area (Å²) in [5.41, 5.74) is 6.61. The van der Waals surface area contributed by atoms with Crippen molar-refractivity contribution in [1.82, 2.24) is 0 Å². The SMILES string of the molecule is COc1ccc(C2CC(=O)C3C(=Nc4ccccc4N(C(C)=O)C3c3ccc(N(C(C)C)C(C)C)cc3C)C2)cc1. The van der Waals surface area contributed by atoms with E-state index in [0.717, 1.165) is 45.2 Å². The number of fused-ring (bicyclic) bond motifs is 2. The maximum Gasteiger partial charge on any atom is 0.224 e. The number of aryl methyl sites for hydroxylation is 1. The smallest absolute Gasteiger partial charge is 0.224 e. The fourth-order valence-electron chi connectivity index (χ4n) is 6.84. The molecule has 3 atom stereocenters. The molecule has 5 rings (SSSR count). The van der Waals surface area contributed by atoms with Crippen molar-refractivity contribution in [2.45, 2.75) is 78.4 Å². The molecule has 0 N–H and O–H groups in total. The number of Topliss-reactive ketones (excluding diaryl/α,β-unsaturated/α-hetero) is 1. The van der Waals surface area contributed by atoms with Crippen LogP contribution in [0.5, 0.6) is 5.75 Å². The summed E-state index contributed by atoms with van der Waals surface area (Å²) >= 11 is 0. The van der Waals surface area contributed by atoms with Gasteiger partial charge in [-0.3, -0.25) is 14.6 Å². The summed E-state index contributed by atoms with van der Waals surface area (Å²) < 4.78 is 5.35. The van der Waals surface area contributed by atoms with Crippen LogP contribution < -0.4 is 14.5 Å². The molecule has 0 bridgehead atoms. The highest BCUT2D eigenvalue weighted by molar-refractivity contribution is 6.13. The largest absolute Gasteiger partial charge is 0.497 e. The third-order valence-corrected chi connectivity index (χ3v) is 8.52. The first kappa shape index (κ1) is 28.6. The number of carbonyl (C=O) groups excluding carboxylic acids is 2. The molecule has 41 heavy (non-hydrogen) atoms. The first-order chi connectivity index (χ1) is 19.6. The lowest BCUT2D eigenvalue weighted by Crippen LogP contribution is -2.45. The second kappa shape index (κ2) is 11.5. The number of carbonyl (C=O) groups is 2. The zero-order valence-corrected chi connectivity index (χ0v) is 25.2. The van der Waals surface area contributed by atoms with Crippen molar-refractivity contribution in [3.63, 3.8) is 0 Å². The molecule has 0 radical (unpaired) electrons. The maximum atomic E-state index is 14.2. The summed E-state index contributed by atoms with van der Waals surface area (Å²) in [7, 11) is 1.65. The number of amides is 1. The topological polar surface area (TPSA) is 62.2 Å². The van der Waals surface area contributed by atoms with E-state index in [1.807, 2.05) is 53.4 Å². The number of ketones is 1. The Bertz CT molecular complexity index is 1470. The minimum atomic E-state index is -0.517. The fourth-order valence-corrected chi connectivity index (χ4v) is 6.84. The predicted molar refractivity (Wildman–Crippen MR) is 167 cm³/mol. The number of hydrogen-bond donors (Lipinski definition) is 0. The minimum Gasteiger partial charge on any atom is -0.497 e. The van der Waals surface area contributed by atoms with Gasteiger partial charge in [0.05, 0.1) is 30.4 Å². The van der Waals surface area contributed by atoms with Gasteiger partial charge >= 0.3 is 0 Å². The van der Waals surface area contributed by atoms with Crippen LogP contribution in [0.2, 0.25) is 0 Å². The van der Waals surface area contributed by atoms with Crippen molar-refractivity contribution < 1.29 is 14.3 Å². The van der Waals surface area contributed by atoms with E-state index in [9.17, 15) is 9.59 Å². The highest BCUT2D eigenvalue weighted by Gasteiger charge is 2.46. The van der Waals surface area contributed by atoms with Gasteiger partial charge in [0.2, 0.25) is 5.91 Å². The summed E-state index contributed by atoms with van der Waals surface area (Å²) in [6, 6.07) is 22.4. The molecule has 2 aliphatic rings. The number of rotatable bonds is 6. The van der Waals surface area contributed by atoms with E-state index in [-0.39, 0.29) is 17.6 Å². The number of ether oxygens (including phenoxy) is 1. The molecular weight excluding hydrogens is 510 g/mol. The van der Waals surface area contributed by atoms with Gasteiger partial charge in [0.1, 0.15) is 11.5 Å². The van der Waals surface area contributed by atoms with E-state index in [1.165, 1.54) is 0 Å². The second-order valence-corrected chi connectivity index (χ2v) is 11.9. The summed E-state index contributed by atoms with van der Waals surface area (Å²) in [6.45, 7) is 12.5. The predicted octanol–water partition coefficient (Wildman–Crippen LogP) is 7.57. The Morgan fingerprint density at radius 1 is 0.976 bits per heavy atom. The van der Waals surface area contributed by atoms with E-state index in [4.69, 9.17) is 9.73 Å². The average molecular weight is 552 g/mol. The summed E-state index contributed by atoms with van der Waals surface area (Å²) in [4.78, 5) is 37.0. The quantitative estimate of drug-likeness (QED) is 0.317. The summed E-state index contributed by atoms with van der Waals surface area (Å²) in [5, 5.41) is 0. The van der Waals surface area contributed by atoms with Crippen LogP contribution in [0.4, 0.5) is 17.1 Å². The van der Waals surface area contributed by atoms with Crippen LogP contribution >= 0.6 is 0 Å². The normalized spacial score (nSPS) is 20.3. The monoisotopic (exact) mass is 551 g/mol. The van der Waals surface area contributed by atoms with Gasteiger partial charge in [0.15, 0.2) is 0 Å². The Hall–Kier alpha value is -3.93. The van der Waals surface area contributed by atoms with Gasteiger partial charge < -0.3 is 14.5 Å². The van der Waals surface area contributed by atoms with Crippen LogP contribution in [0.15, 0.2) is 71.7 Å². The van der Waals surface area contributed by atoms with Crippen LogP contribution in [0.1, 0.15) is 76.1 Å². The zero-order valence-electron chi connectivity index (χ0n) is 25.2. The van der Waals surface area contributed by atoms with E-state index in [2.05, 4.69) is 57.7 Å². The lowest BCUT2D eigenvalue weighted by Gasteiger charge is -2.39. The Morgan fingerprint density at radius 3 is 2.27 bits per heavy atom. The van der Waals surface area contributed by atoms with Crippen LogP contribution in [0.3, 0.4) is 0 Å². The van der Waals surface area contributed by atoms with E-state index in [0.29, 0.717) is 24.9 Å². The van der Waals surface area contributed by atoms with Crippen LogP contribution in [-0.2, 0) is 9.59 Å². The van der Waals surface area contributed by atoms with Gasteiger partial charge in [-0.1, -0.05) is 30.3 Å². The molecule has 1 heterocycles. The average Bonchev–Trinajstić information content (AvgIpc) is 3.07. The number of aliphatic imine (C=N–C) groups is 1. The fraction of sp³-hybridized carbons (Fsp3) is 0.400. The third kappa shape index (κ3) is 5.40. The zero-order chi connectivity index (χ0) is 29.4. The number of methoxy groups -OCH3 is 1. The Balaban J connectivity index is 1.64. The van der Waals surface area contributed by atoms with Crippen molar-refractivity contribution >= 4 is 34.5 Å². The van der Waals surface area contributed by atoms with Crippen molar-refractivity contribution in [3.8, 4) is 5.75 Å². The molecule has 0 aromatic heterocycles. The van der Waals surface area contributed by atoms with Crippen molar-refractivity contribution in [1.29, 1.82) is 0 Å². The molecule has 3 aromatic rings. The highest BCUT2D eigenvalue weighted by atomic mass is 16.5. The van der Waals surface area contributed by atoms with Gasteiger partial charge in [-0.15, -0.1) is 0 Å². The second-order valence-electron chi connectivity index (χ2n) is 11.9. The minimum absolute atomic E-state index is 0.0224. The molecule has 3 aromatic carbocycles. The van der Waals surface area contributed by atoms with Gasteiger partial charge in [-0.25, -0.2) is 0 Å². The van der Waals surface area contributed by atoms with Gasteiger partial charge in [0.25, 0.3) is 0 Å². The first-order valence-corrected chi connectivity index (χ1v) is 14.6. The van der Waals surface area contributed by atoms with E-state index >= 15 is 0 Å². The van der Waals surface area contributed by atoms with Gasteiger partial charge in [0, 0.05) is 36.8 Å². The third-order valence-electron chi connectivity index (χ3n) is 8.52. The Labute approximate surface area is 244 Å². The number of nitrogens with zero attached hydrogens (tertiary/aromatic N) is 3. The van der Waals surface area contributed by atoms with Crippen LogP contribution in [0, 0.1) is 12.8 Å². The molecule has 0 spiro atoms. The molecule has 0 saturated heterocycles. The molecule has 1 aliphatic carbocycles. The van der Waals surface area contributed by atoms with Gasteiger partial charge in [-0.05, 0) is 100 Å². The highest BCUT2D eigenvalue weighted by Crippen LogP contribution is 2.48. The standard InChI is InChI=1S/C35H41N3O3/c1-21(2)37(22(3)4)27-14-17-29(23(5)18-27)35-34-31(36-30-10-8-9-11-32(30)38(35)24(6)39)19-26(20-33(34)40)25-12-15-28(41-7)16-13-25/h8-18,21-22,26,34-35H,19-20H2,1-7H3. The van der Waals surface area contributed by atoms with Gasteiger partial charge in [-0.2, -0.15) is 0 Å². The number of anilines is 2. The summed E-state index contributed by atoms with van der Waals surface area (Å²) in [5.74, 6) is 0.317. The summed E-state index contributed by atoms with van der Waals surface area (Å²) in [6.07, 6.45) is 1.06. The van der Waals surface area contributed by atoms with Crippen molar-refractivity contribution in [3.05, 3.63) is 83.4 Å². The molecular formula is C35H41N3O3. The molecule has 1 saturated carbocycles.